The number of carbonyl (C=O) groups excluding carboxylic acids is 7. The zero-order valence-corrected chi connectivity index (χ0v) is 43.4. The van der Waals surface area contributed by atoms with Gasteiger partial charge in [0.05, 0.1) is 43.8 Å². The summed E-state index contributed by atoms with van der Waals surface area (Å²) in [7, 11) is 1.29. The Hall–Kier alpha value is -7.10. The van der Waals surface area contributed by atoms with E-state index in [9.17, 15) is 43.5 Å². The van der Waals surface area contributed by atoms with Gasteiger partial charge < -0.3 is 55.5 Å². The molecule has 1 aliphatic heterocycles. The van der Waals surface area contributed by atoms with E-state index in [0.29, 0.717) is 35.5 Å². The maximum absolute atomic E-state index is 14.7. The molecule has 0 radical (unpaired) electrons. The lowest BCUT2D eigenvalue weighted by molar-refractivity contribution is -0.143. The van der Waals surface area contributed by atoms with E-state index in [2.05, 4.69) is 31.9 Å². The molecule has 2 aliphatic carbocycles. The van der Waals surface area contributed by atoms with Gasteiger partial charge in [0.1, 0.15) is 36.9 Å². The minimum Gasteiger partial charge on any atom is -0.465 e. The maximum Gasteiger partial charge on any atom is 0.412 e. The summed E-state index contributed by atoms with van der Waals surface area (Å²) in [6, 6.07) is 17.0. The average Bonchev–Trinajstić information content (AvgIpc) is 3.81. The average molecular weight is 1040 g/mol. The Labute approximate surface area is 437 Å². The Morgan fingerprint density at radius 2 is 1.36 bits per heavy atom. The third-order valence-electron chi connectivity index (χ3n) is 13.3. The number of para-hydroxylation sites is 2. The first kappa shape index (κ1) is 57.2. The van der Waals surface area contributed by atoms with E-state index in [-0.39, 0.29) is 70.5 Å². The fraction of sp³-hybridized carbons (Fsp3) is 0.519. The third-order valence-corrected chi connectivity index (χ3v) is 13.3. The van der Waals surface area contributed by atoms with Crippen LogP contribution in [-0.2, 0) is 49.3 Å². The Balaban J connectivity index is 0.926. The van der Waals surface area contributed by atoms with Gasteiger partial charge in [-0.3, -0.25) is 39.0 Å². The van der Waals surface area contributed by atoms with Crippen molar-refractivity contribution < 1.29 is 62.4 Å². The van der Waals surface area contributed by atoms with Crippen molar-refractivity contribution in [2.24, 2.45) is 5.92 Å². The van der Waals surface area contributed by atoms with E-state index in [0.717, 1.165) is 54.6 Å². The Kier molecular flexibility index (Phi) is 20.9. The number of carboxylic acid groups (broad SMARTS) is 1. The molecule has 1 saturated heterocycles. The molecule has 1 saturated carbocycles. The fourth-order valence-corrected chi connectivity index (χ4v) is 9.40. The van der Waals surface area contributed by atoms with Gasteiger partial charge in [-0.1, -0.05) is 55.7 Å². The number of anilines is 3. The third kappa shape index (κ3) is 17.2. The molecule has 0 spiro atoms. The van der Waals surface area contributed by atoms with Gasteiger partial charge in [0, 0.05) is 30.9 Å². The Bertz CT molecular complexity index is 2480. The van der Waals surface area contributed by atoms with E-state index in [4.69, 9.17) is 18.9 Å². The largest absolute Gasteiger partial charge is 0.465 e. The van der Waals surface area contributed by atoms with Crippen LogP contribution in [-0.4, -0.2) is 146 Å². The SMILES string of the molecule is CC(C(=O)NC(C(=O)N1C[C@@H](NC(=O)COCCOCCOCC(=O)Nc2ccc(C(=O)Nc3ccccc3NC(=O)OC(C)(C)C)cc2)C[C@H]1C(=O)N[C@@H]1CCCc2ccccc21)C1CCCCC1)N(C)C(=O)O. The number of aryl methyl sites for hydroxylation is 1. The van der Waals surface area contributed by atoms with Gasteiger partial charge in [-0.05, 0) is 120 Å². The lowest BCUT2D eigenvalue weighted by Crippen LogP contribution is -2.59. The van der Waals surface area contributed by atoms with Crippen molar-refractivity contribution in [3.05, 3.63) is 89.5 Å². The van der Waals surface area contributed by atoms with Gasteiger partial charge in [-0.25, -0.2) is 9.59 Å². The van der Waals surface area contributed by atoms with Gasteiger partial charge in [0.15, 0.2) is 0 Å². The number of likely N-dealkylation sites (N-methyl/N-ethyl adjacent to an activating group) is 1. The second-order valence-corrected chi connectivity index (χ2v) is 20.1. The molecule has 6 rings (SSSR count). The summed E-state index contributed by atoms with van der Waals surface area (Å²) in [6.07, 6.45) is 4.74. The quantitative estimate of drug-likeness (QED) is 0.0604. The van der Waals surface area contributed by atoms with Crippen LogP contribution >= 0.6 is 0 Å². The van der Waals surface area contributed by atoms with Crippen molar-refractivity contribution >= 4 is 64.7 Å². The van der Waals surface area contributed by atoms with E-state index in [1.54, 1.807) is 69.3 Å². The van der Waals surface area contributed by atoms with Gasteiger partial charge in [-0.15, -0.1) is 0 Å². The molecule has 0 aromatic heterocycles. The van der Waals surface area contributed by atoms with Crippen molar-refractivity contribution in [1.82, 2.24) is 25.8 Å². The number of hydrogen-bond donors (Lipinski definition) is 7. The van der Waals surface area contributed by atoms with Crippen molar-refractivity contribution in [2.75, 3.05) is 69.2 Å². The van der Waals surface area contributed by atoms with Crippen LogP contribution in [0.25, 0.3) is 0 Å². The van der Waals surface area contributed by atoms with Gasteiger partial charge in [0.25, 0.3) is 5.91 Å². The highest BCUT2D eigenvalue weighted by Crippen LogP contribution is 2.33. The molecule has 21 nitrogen and oxygen atoms in total. The molecule has 0 bridgehead atoms. The first-order valence-electron chi connectivity index (χ1n) is 25.6. The summed E-state index contributed by atoms with van der Waals surface area (Å²) >= 11 is 0. The molecular formula is C54H72N8O13. The molecule has 21 heteroatoms. The number of nitrogens with one attached hydrogen (secondary N) is 6. The number of fused-ring (bicyclic) bond motifs is 1. The van der Waals surface area contributed by atoms with Crippen molar-refractivity contribution in [1.29, 1.82) is 0 Å². The molecule has 7 N–H and O–H groups in total. The predicted molar refractivity (Wildman–Crippen MR) is 278 cm³/mol. The molecule has 1 heterocycles. The summed E-state index contributed by atoms with van der Waals surface area (Å²) in [5, 5.41) is 26.6. The number of amides is 8. The smallest absolute Gasteiger partial charge is 0.412 e. The topological polar surface area (TPSA) is 272 Å². The summed E-state index contributed by atoms with van der Waals surface area (Å²) in [5.74, 6) is -2.98. The minimum absolute atomic E-state index is 0.00869. The lowest BCUT2D eigenvalue weighted by atomic mass is 9.83. The van der Waals surface area contributed by atoms with Crippen molar-refractivity contribution in [3.8, 4) is 0 Å². The number of benzene rings is 3. The Morgan fingerprint density at radius 1 is 0.733 bits per heavy atom. The second-order valence-electron chi connectivity index (χ2n) is 20.1. The second kappa shape index (κ2) is 27.4. The van der Waals surface area contributed by atoms with Crippen LogP contribution in [0.3, 0.4) is 0 Å². The van der Waals surface area contributed by atoms with Crippen LogP contribution in [0.2, 0.25) is 0 Å². The molecule has 5 atom stereocenters. The Morgan fingerprint density at radius 3 is 2.03 bits per heavy atom. The van der Waals surface area contributed by atoms with Gasteiger partial charge >= 0.3 is 12.2 Å². The lowest BCUT2D eigenvalue weighted by Gasteiger charge is -2.36. The molecule has 406 valence electrons. The van der Waals surface area contributed by atoms with Crippen LogP contribution in [0.4, 0.5) is 26.7 Å². The zero-order chi connectivity index (χ0) is 54.1. The number of carbonyl (C=O) groups is 8. The number of hydrogen-bond acceptors (Lipinski definition) is 12. The number of likely N-dealkylation sites (tertiary alicyclic amines) is 1. The highest BCUT2D eigenvalue weighted by atomic mass is 16.6. The van der Waals surface area contributed by atoms with Crippen molar-refractivity contribution in [2.45, 2.75) is 121 Å². The first-order chi connectivity index (χ1) is 35.9. The summed E-state index contributed by atoms with van der Waals surface area (Å²) in [5.41, 5.74) is 2.97. The molecule has 75 heavy (non-hydrogen) atoms. The first-order valence-corrected chi connectivity index (χ1v) is 25.6. The fourth-order valence-electron chi connectivity index (χ4n) is 9.40. The van der Waals surface area contributed by atoms with Crippen LogP contribution in [0, 0.1) is 5.92 Å². The van der Waals surface area contributed by atoms with E-state index in [1.165, 1.54) is 18.9 Å². The maximum atomic E-state index is 14.7. The number of nitrogens with zero attached hydrogens (tertiary/aromatic N) is 2. The summed E-state index contributed by atoms with van der Waals surface area (Å²) < 4.78 is 21.9. The number of ether oxygens (including phenoxy) is 4. The van der Waals surface area contributed by atoms with Crippen molar-refractivity contribution in [3.63, 3.8) is 0 Å². The number of rotatable bonds is 22. The minimum atomic E-state index is -1.29. The highest BCUT2D eigenvalue weighted by Gasteiger charge is 2.45. The molecular weight excluding hydrogens is 969 g/mol. The summed E-state index contributed by atoms with van der Waals surface area (Å²) in [6.45, 7) is 6.56. The molecule has 3 aliphatic rings. The molecule has 2 unspecified atom stereocenters. The van der Waals surface area contributed by atoms with E-state index in [1.807, 2.05) is 24.3 Å². The summed E-state index contributed by atoms with van der Waals surface area (Å²) in [4.78, 5) is 108. The molecule has 3 aromatic rings. The van der Waals surface area contributed by atoms with Crippen LogP contribution in [0.5, 0.6) is 0 Å². The van der Waals surface area contributed by atoms with Gasteiger partial charge in [0.2, 0.25) is 29.5 Å². The molecule has 2 fully saturated rings. The van der Waals surface area contributed by atoms with Crippen LogP contribution in [0.1, 0.15) is 107 Å². The zero-order valence-electron chi connectivity index (χ0n) is 43.4. The van der Waals surface area contributed by atoms with E-state index >= 15 is 0 Å². The van der Waals surface area contributed by atoms with E-state index < -0.39 is 71.5 Å². The van der Waals surface area contributed by atoms with Crippen LogP contribution in [0.15, 0.2) is 72.8 Å². The monoisotopic (exact) mass is 1040 g/mol. The van der Waals surface area contributed by atoms with Gasteiger partial charge in [-0.2, -0.15) is 0 Å². The predicted octanol–water partition coefficient (Wildman–Crippen LogP) is 5.62. The molecule has 3 aromatic carbocycles. The molecule has 8 amide bonds. The highest BCUT2D eigenvalue weighted by molar-refractivity contribution is 6.07. The standard InChI is InChI=1S/C54H72N8O13/c1-34(61(5)53(70)71)48(65)60-47(36-15-7-6-8-16-36)51(68)62-31-39(30-44(62)50(67)57-41-21-13-17-35-14-9-10-18-40(35)41)56-46(64)33-74-29-27-72-26-28-73-32-45(63)55-38-24-22-37(23-25-38)49(66)58-42-19-11-12-20-43(42)59-52(69)75-54(2,3)4/h9-12,14,18-20,22-25,34,36,39,41,44,47H,6-8,13,15-17,21,26-33H2,1-5H3,(H,55,63)(H,56,64)(H,57,67)(H,58,66)(H,59,69)(H,60,65)(H,70,71)/t34?,39-,41+,44-,47?/m0/s1. The van der Waals surface area contributed by atoms with Crippen LogP contribution < -0.4 is 31.9 Å². The normalized spacial score (nSPS) is 18.3.